The summed E-state index contributed by atoms with van der Waals surface area (Å²) in [6.45, 7) is 5.09. The fourth-order valence-electron chi connectivity index (χ4n) is 5.93. The van der Waals surface area contributed by atoms with Crippen LogP contribution in [0.3, 0.4) is 0 Å². The molecule has 0 radical (unpaired) electrons. The molecule has 0 saturated heterocycles. The Bertz CT molecular complexity index is 1620. The van der Waals surface area contributed by atoms with Crippen LogP contribution in [0, 0.1) is 5.92 Å². The van der Waals surface area contributed by atoms with Gasteiger partial charge in [-0.2, -0.15) is 0 Å². The summed E-state index contributed by atoms with van der Waals surface area (Å²) in [7, 11) is 5.29. The van der Waals surface area contributed by atoms with Gasteiger partial charge in [0, 0.05) is 56.1 Å². The number of nitrogens with one attached hydrogen (secondary N) is 1. The van der Waals surface area contributed by atoms with E-state index in [0.717, 1.165) is 38.9 Å². The van der Waals surface area contributed by atoms with Crippen LogP contribution in [0.1, 0.15) is 35.5 Å². The fraction of sp³-hybridized carbons (Fsp3) is 0.371. The standard InChI is InChI=1S/C35H42N4O5/c1-23-19-39(24(2)21-40)34(41)33-32(29-12-8-9-13-30(29)38(33)4)28-11-7-6-10-26(28)22-44-31(23)20-37(3)35(42)36-18-25-14-16-27(43-5)17-15-25/h6-17,23-24,31,40H,18-22H2,1-5H3,(H,36,42)/t23-,24-,31+/m1/s1. The lowest BCUT2D eigenvalue weighted by Gasteiger charge is -2.35. The van der Waals surface area contributed by atoms with Crippen LogP contribution in [0.15, 0.2) is 72.8 Å². The number of benzene rings is 3. The number of para-hydroxylation sites is 1. The van der Waals surface area contributed by atoms with E-state index in [1.54, 1.807) is 24.0 Å². The van der Waals surface area contributed by atoms with Gasteiger partial charge < -0.3 is 34.3 Å². The number of nitrogens with zero attached hydrogens (tertiary/aromatic N) is 3. The van der Waals surface area contributed by atoms with E-state index >= 15 is 0 Å². The lowest BCUT2D eigenvalue weighted by Crippen LogP contribution is -2.49. The number of amides is 3. The van der Waals surface area contributed by atoms with E-state index in [1.807, 2.05) is 98.3 Å². The van der Waals surface area contributed by atoms with E-state index in [9.17, 15) is 14.7 Å². The number of fused-ring (bicyclic) bond motifs is 5. The second-order valence-corrected chi connectivity index (χ2v) is 11.7. The molecular weight excluding hydrogens is 556 g/mol. The Morgan fingerprint density at radius 2 is 1.82 bits per heavy atom. The maximum atomic E-state index is 14.5. The molecular formula is C35H42N4O5. The number of aryl methyl sites for hydroxylation is 1. The van der Waals surface area contributed by atoms with Gasteiger partial charge in [0.25, 0.3) is 5.91 Å². The molecule has 4 aromatic rings. The van der Waals surface area contributed by atoms with Gasteiger partial charge in [0.15, 0.2) is 0 Å². The van der Waals surface area contributed by atoms with Gasteiger partial charge in [-0.05, 0) is 41.8 Å². The molecule has 0 saturated carbocycles. The maximum absolute atomic E-state index is 14.5. The SMILES string of the molecule is COc1ccc(CNC(=O)N(C)C[C@@H]2OCc3ccccc3-c3c(n(C)c4ccccc34)C(=O)N([C@H](C)CO)C[C@H]2C)cc1. The van der Waals surface area contributed by atoms with Gasteiger partial charge in [-0.15, -0.1) is 0 Å². The van der Waals surface area contributed by atoms with Crippen LogP contribution < -0.4 is 10.1 Å². The zero-order chi connectivity index (χ0) is 31.4. The summed E-state index contributed by atoms with van der Waals surface area (Å²) >= 11 is 0. The molecule has 9 heteroatoms. The van der Waals surface area contributed by atoms with Crippen molar-refractivity contribution in [2.45, 2.75) is 39.1 Å². The lowest BCUT2D eigenvalue weighted by molar-refractivity contribution is -0.0185. The number of likely N-dealkylation sites (N-methyl/N-ethyl adjacent to an activating group) is 1. The first kappa shape index (κ1) is 31.1. The zero-order valence-electron chi connectivity index (χ0n) is 26.1. The molecule has 0 aliphatic carbocycles. The molecule has 3 aromatic carbocycles. The third-order valence-corrected chi connectivity index (χ3v) is 8.63. The molecule has 3 atom stereocenters. The van der Waals surface area contributed by atoms with Crippen molar-refractivity contribution >= 4 is 22.8 Å². The average Bonchev–Trinajstić information content (AvgIpc) is 3.34. The fourth-order valence-corrected chi connectivity index (χ4v) is 5.93. The number of carbonyl (C=O) groups excluding carboxylic acids is 2. The highest BCUT2D eigenvalue weighted by Crippen LogP contribution is 2.38. The van der Waals surface area contributed by atoms with Crippen LogP contribution in [0.2, 0.25) is 0 Å². The first-order valence-corrected chi connectivity index (χ1v) is 15.0. The summed E-state index contributed by atoms with van der Waals surface area (Å²) in [5.74, 6) is 0.470. The Hall–Kier alpha value is -4.34. The normalized spacial score (nSPS) is 17.8. The summed E-state index contributed by atoms with van der Waals surface area (Å²) in [6.07, 6.45) is -0.376. The molecule has 1 aliphatic heterocycles. The average molecular weight is 599 g/mol. The van der Waals surface area contributed by atoms with Crippen LogP contribution in [0.5, 0.6) is 5.75 Å². The molecule has 0 bridgehead atoms. The molecule has 2 heterocycles. The van der Waals surface area contributed by atoms with E-state index in [-0.39, 0.29) is 30.6 Å². The number of aliphatic hydroxyl groups is 1. The molecule has 232 valence electrons. The van der Waals surface area contributed by atoms with Crippen molar-refractivity contribution in [3.63, 3.8) is 0 Å². The molecule has 9 nitrogen and oxygen atoms in total. The summed E-state index contributed by atoms with van der Waals surface area (Å²) < 4.78 is 13.8. The van der Waals surface area contributed by atoms with Gasteiger partial charge in [-0.3, -0.25) is 4.79 Å². The van der Waals surface area contributed by atoms with E-state index < -0.39 is 6.04 Å². The van der Waals surface area contributed by atoms with Crippen molar-refractivity contribution in [3.05, 3.63) is 89.6 Å². The van der Waals surface area contributed by atoms with Gasteiger partial charge in [-0.1, -0.05) is 61.5 Å². The van der Waals surface area contributed by atoms with Crippen molar-refractivity contribution in [2.75, 3.05) is 33.9 Å². The minimum atomic E-state index is -0.419. The molecule has 1 aliphatic rings. The first-order chi connectivity index (χ1) is 21.2. The maximum Gasteiger partial charge on any atom is 0.317 e. The molecule has 0 spiro atoms. The highest BCUT2D eigenvalue weighted by Gasteiger charge is 2.34. The summed E-state index contributed by atoms with van der Waals surface area (Å²) in [6, 6.07) is 23.0. The van der Waals surface area contributed by atoms with Crippen molar-refractivity contribution in [2.24, 2.45) is 13.0 Å². The van der Waals surface area contributed by atoms with Crippen LogP contribution in [-0.2, 0) is 24.9 Å². The van der Waals surface area contributed by atoms with E-state index in [1.165, 1.54) is 0 Å². The third-order valence-electron chi connectivity index (χ3n) is 8.63. The van der Waals surface area contributed by atoms with Crippen molar-refractivity contribution in [1.29, 1.82) is 0 Å². The van der Waals surface area contributed by atoms with Crippen LogP contribution >= 0.6 is 0 Å². The van der Waals surface area contributed by atoms with Gasteiger partial charge in [0.05, 0.1) is 32.5 Å². The number of ether oxygens (including phenoxy) is 2. The Kier molecular flexibility index (Phi) is 9.56. The molecule has 1 aromatic heterocycles. The Balaban J connectivity index is 1.46. The number of aliphatic hydroxyl groups excluding tert-OH is 1. The monoisotopic (exact) mass is 598 g/mol. The number of rotatable bonds is 7. The Morgan fingerprint density at radius 3 is 2.55 bits per heavy atom. The van der Waals surface area contributed by atoms with Crippen molar-refractivity contribution in [1.82, 2.24) is 19.7 Å². The number of methoxy groups -OCH3 is 1. The Labute approximate surface area is 259 Å². The molecule has 0 unspecified atom stereocenters. The molecule has 3 amide bonds. The van der Waals surface area contributed by atoms with Crippen LogP contribution in [-0.4, -0.2) is 77.4 Å². The Morgan fingerprint density at radius 1 is 1.11 bits per heavy atom. The van der Waals surface area contributed by atoms with Crippen LogP contribution in [0.25, 0.3) is 22.0 Å². The topological polar surface area (TPSA) is 96.3 Å². The van der Waals surface area contributed by atoms with E-state index in [2.05, 4.69) is 5.32 Å². The number of hydrogen-bond donors (Lipinski definition) is 2. The zero-order valence-corrected chi connectivity index (χ0v) is 26.1. The highest BCUT2D eigenvalue weighted by molar-refractivity contribution is 6.10. The van der Waals surface area contributed by atoms with Crippen LogP contribution in [0.4, 0.5) is 4.79 Å². The number of aromatic nitrogens is 1. The predicted octanol–water partition coefficient (Wildman–Crippen LogP) is 5.05. The summed E-state index contributed by atoms with van der Waals surface area (Å²) in [5, 5.41) is 14.2. The van der Waals surface area contributed by atoms with Crippen molar-refractivity contribution < 1.29 is 24.2 Å². The minimum absolute atomic E-state index is 0.145. The van der Waals surface area contributed by atoms with Gasteiger partial charge in [0.2, 0.25) is 0 Å². The van der Waals surface area contributed by atoms with Gasteiger partial charge in [0.1, 0.15) is 11.4 Å². The third kappa shape index (κ3) is 6.30. The molecule has 44 heavy (non-hydrogen) atoms. The van der Waals surface area contributed by atoms with E-state index in [0.29, 0.717) is 31.9 Å². The highest BCUT2D eigenvalue weighted by atomic mass is 16.5. The first-order valence-electron chi connectivity index (χ1n) is 15.0. The van der Waals surface area contributed by atoms with E-state index in [4.69, 9.17) is 9.47 Å². The number of carbonyl (C=O) groups is 2. The smallest absolute Gasteiger partial charge is 0.317 e. The summed E-state index contributed by atoms with van der Waals surface area (Å²) in [5.41, 5.74) is 5.27. The quantitative estimate of drug-likeness (QED) is 0.310. The van der Waals surface area contributed by atoms with Gasteiger partial charge in [-0.25, -0.2) is 4.79 Å². The van der Waals surface area contributed by atoms with Gasteiger partial charge >= 0.3 is 6.03 Å². The number of urea groups is 1. The largest absolute Gasteiger partial charge is 0.497 e. The second kappa shape index (κ2) is 13.5. The second-order valence-electron chi connectivity index (χ2n) is 11.7. The molecule has 5 rings (SSSR count). The predicted molar refractivity (Wildman–Crippen MR) is 172 cm³/mol. The number of hydrogen-bond acceptors (Lipinski definition) is 5. The molecule has 2 N–H and O–H groups in total. The molecule has 0 fully saturated rings. The lowest BCUT2D eigenvalue weighted by atomic mass is 9.96. The minimum Gasteiger partial charge on any atom is -0.497 e. The van der Waals surface area contributed by atoms with Crippen molar-refractivity contribution in [3.8, 4) is 16.9 Å². The summed E-state index contributed by atoms with van der Waals surface area (Å²) in [4.78, 5) is 31.0.